The molecule has 0 saturated carbocycles. The van der Waals surface area contributed by atoms with Crippen molar-refractivity contribution in [2.45, 2.75) is 46.0 Å². The first-order valence-corrected chi connectivity index (χ1v) is 5.71. The zero-order chi connectivity index (χ0) is 11.7. The Morgan fingerprint density at radius 3 is 2.53 bits per heavy atom. The summed E-state index contributed by atoms with van der Waals surface area (Å²) in [6, 6.07) is 0. The third-order valence-corrected chi connectivity index (χ3v) is 2.18. The third-order valence-electron chi connectivity index (χ3n) is 2.18. The number of carbonyl (C=O) groups excluding carboxylic acids is 1. The maximum Gasteiger partial charge on any atom is 0.184 e. The highest BCUT2D eigenvalue weighted by Gasteiger charge is 2.08. The lowest BCUT2D eigenvalue weighted by molar-refractivity contribution is -0.798. The Labute approximate surface area is 92.9 Å². The average molecular weight is 213 g/mol. The predicted octanol–water partition coefficient (Wildman–Crippen LogP) is 3.00. The van der Waals surface area contributed by atoms with E-state index in [2.05, 4.69) is 6.92 Å². The zero-order valence-corrected chi connectivity index (χ0v) is 10.2. The number of likely N-dealkylation sites (N-methyl/N-ethyl adjacent to an activating group) is 1. The van der Waals surface area contributed by atoms with Crippen molar-refractivity contribution in [3.63, 3.8) is 0 Å². The minimum Gasteiger partial charge on any atom is -0.628 e. The van der Waals surface area contributed by atoms with E-state index in [1.54, 1.807) is 6.20 Å². The fraction of sp³-hybridized carbons (Fsp3) is 0.750. The highest BCUT2D eigenvalue weighted by atomic mass is 16.5. The molecule has 0 aromatic rings. The summed E-state index contributed by atoms with van der Waals surface area (Å²) in [5, 5.41) is 11.6. The van der Waals surface area contributed by atoms with Crippen LogP contribution in [0.2, 0.25) is 0 Å². The number of nitrogens with zero attached hydrogens (tertiary/aromatic N) is 1. The Balaban J connectivity index is 3.69. The van der Waals surface area contributed by atoms with E-state index in [-0.39, 0.29) is 12.3 Å². The second kappa shape index (κ2) is 7.60. The number of Topliss-reactive ketones (excluding diaryl/α,β-unsaturated/α-hetero) is 1. The van der Waals surface area contributed by atoms with Crippen molar-refractivity contribution in [1.29, 1.82) is 0 Å². The average Bonchev–Trinajstić information content (AvgIpc) is 2.08. The summed E-state index contributed by atoms with van der Waals surface area (Å²) in [5.41, 5.74) is 0. The van der Waals surface area contributed by atoms with Crippen LogP contribution in [0, 0.1) is 5.21 Å². The van der Waals surface area contributed by atoms with E-state index in [1.165, 1.54) is 33.2 Å². The summed E-state index contributed by atoms with van der Waals surface area (Å²) >= 11 is 0. The van der Waals surface area contributed by atoms with Gasteiger partial charge in [0.15, 0.2) is 5.78 Å². The van der Waals surface area contributed by atoms with E-state index in [1.807, 2.05) is 6.08 Å². The molecule has 0 amide bonds. The molecule has 0 bridgehead atoms. The Morgan fingerprint density at radius 1 is 1.33 bits per heavy atom. The summed E-state index contributed by atoms with van der Waals surface area (Å²) in [7, 11) is 1.50. The molecule has 0 fully saturated rings. The summed E-state index contributed by atoms with van der Waals surface area (Å²) in [6.07, 6.45) is 9.24. The molecule has 0 saturated heterocycles. The lowest BCUT2D eigenvalue weighted by Gasteiger charge is -2.33. The van der Waals surface area contributed by atoms with Crippen LogP contribution in [-0.2, 0) is 4.79 Å². The molecule has 0 aromatic heterocycles. The van der Waals surface area contributed by atoms with Crippen molar-refractivity contribution < 1.29 is 9.44 Å². The Bertz CT molecular complexity index is 210. The lowest BCUT2D eigenvalue weighted by atomic mass is 10.1. The lowest BCUT2D eigenvalue weighted by Crippen LogP contribution is -2.35. The smallest absolute Gasteiger partial charge is 0.184 e. The second-order valence-electron chi connectivity index (χ2n) is 4.27. The Hall–Kier alpha value is -0.670. The molecule has 0 aliphatic carbocycles. The van der Waals surface area contributed by atoms with Crippen LogP contribution >= 0.6 is 0 Å². The summed E-state index contributed by atoms with van der Waals surface area (Å²) in [4.78, 5) is 10.8. The number of carbonyl (C=O) groups is 1. The number of hydrogen-bond donors (Lipinski definition) is 0. The normalized spacial score (nSPS) is 15.5. The van der Waals surface area contributed by atoms with Crippen molar-refractivity contribution in [3.8, 4) is 0 Å². The number of rotatable bonds is 8. The summed E-state index contributed by atoms with van der Waals surface area (Å²) in [5.74, 6) is -0.0665. The molecule has 0 N–H and O–H groups in total. The molecule has 0 heterocycles. The van der Waals surface area contributed by atoms with Gasteiger partial charge < -0.3 is 9.85 Å². The quantitative estimate of drug-likeness (QED) is 0.353. The van der Waals surface area contributed by atoms with Crippen molar-refractivity contribution in [2.75, 3.05) is 13.6 Å². The first kappa shape index (κ1) is 14.3. The maximum absolute atomic E-state index is 11.6. The minimum absolute atomic E-state index is 0.0332. The molecular weight excluding hydrogens is 190 g/mol. The highest BCUT2D eigenvalue weighted by Crippen LogP contribution is 2.06. The molecule has 0 spiro atoms. The molecule has 0 rings (SSSR count). The van der Waals surface area contributed by atoms with Crippen molar-refractivity contribution in [2.24, 2.45) is 0 Å². The van der Waals surface area contributed by atoms with E-state index < -0.39 is 4.65 Å². The third kappa shape index (κ3) is 9.63. The van der Waals surface area contributed by atoms with Gasteiger partial charge >= 0.3 is 0 Å². The maximum atomic E-state index is 11.6. The van der Waals surface area contributed by atoms with Crippen LogP contribution in [0.5, 0.6) is 0 Å². The summed E-state index contributed by atoms with van der Waals surface area (Å²) in [6.45, 7) is 3.66. The van der Waals surface area contributed by atoms with E-state index in [0.717, 1.165) is 12.8 Å². The highest BCUT2D eigenvalue weighted by molar-refractivity contribution is 5.76. The van der Waals surface area contributed by atoms with Crippen LogP contribution in [0.15, 0.2) is 12.3 Å². The van der Waals surface area contributed by atoms with Gasteiger partial charge in [-0.1, -0.05) is 26.2 Å². The number of quaternary nitrogens is 1. The molecule has 88 valence electrons. The summed E-state index contributed by atoms with van der Waals surface area (Å²) < 4.78 is -0.580. The topological polar surface area (TPSA) is 40.1 Å². The van der Waals surface area contributed by atoms with Gasteiger partial charge in [-0.3, -0.25) is 4.79 Å². The van der Waals surface area contributed by atoms with Crippen LogP contribution < -0.4 is 0 Å². The van der Waals surface area contributed by atoms with E-state index in [4.69, 9.17) is 0 Å². The van der Waals surface area contributed by atoms with Crippen LogP contribution in [0.25, 0.3) is 0 Å². The van der Waals surface area contributed by atoms with Crippen LogP contribution in [0.4, 0.5) is 0 Å². The van der Waals surface area contributed by atoms with E-state index >= 15 is 0 Å². The van der Waals surface area contributed by atoms with Crippen LogP contribution in [-0.4, -0.2) is 24.0 Å². The van der Waals surface area contributed by atoms with Crippen LogP contribution in [0.1, 0.15) is 46.0 Å². The van der Waals surface area contributed by atoms with Crippen molar-refractivity contribution in [1.82, 2.24) is 0 Å². The molecule has 0 aliphatic heterocycles. The molecule has 0 aliphatic rings. The van der Waals surface area contributed by atoms with Gasteiger partial charge in [0.25, 0.3) is 0 Å². The molecular formula is C12H23NO2. The Morgan fingerprint density at radius 2 is 2.00 bits per heavy atom. The van der Waals surface area contributed by atoms with Gasteiger partial charge in [-0.2, -0.15) is 0 Å². The molecule has 0 radical (unpaired) electrons. The standard InChI is InChI=1S/C12H23NO2/c1-4-5-6-7-8-9-10-13(3,15)11-12(2)14/h9-10H,4-8,11H2,1-3H3. The molecule has 3 nitrogen and oxygen atoms in total. The molecule has 1 unspecified atom stereocenters. The van der Waals surface area contributed by atoms with Gasteiger partial charge in [-0.05, 0) is 18.9 Å². The molecule has 15 heavy (non-hydrogen) atoms. The SMILES string of the molecule is CCCCCCC=C[N+](C)([O-])CC(C)=O. The number of hydroxylamine groups is 3. The van der Waals surface area contributed by atoms with Crippen molar-refractivity contribution in [3.05, 3.63) is 17.5 Å². The molecule has 1 atom stereocenters. The van der Waals surface area contributed by atoms with Gasteiger partial charge in [0.05, 0.1) is 13.2 Å². The van der Waals surface area contributed by atoms with Gasteiger partial charge in [-0.15, -0.1) is 0 Å². The van der Waals surface area contributed by atoms with Gasteiger partial charge in [0.2, 0.25) is 0 Å². The molecule has 3 heteroatoms. The van der Waals surface area contributed by atoms with Gasteiger partial charge in [-0.25, -0.2) is 0 Å². The predicted molar refractivity (Wildman–Crippen MR) is 63.0 cm³/mol. The number of unbranched alkanes of at least 4 members (excludes halogenated alkanes) is 4. The number of allylic oxidation sites excluding steroid dienone is 1. The largest absolute Gasteiger partial charge is 0.628 e. The number of ketones is 1. The van der Waals surface area contributed by atoms with Crippen molar-refractivity contribution >= 4 is 5.78 Å². The first-order chi connectivity index (χ1) is 6.98. The van der Waals surface area contributed by atoms with Gasteiger partial charge in [0.1, 0.15) is 6.54 Å². The fourth-order valence-corrected chi connectivity index (χ4v) is 1.48. The fourth-order valence-electron chi connectivity index (χ4n) is 1.48. The Kier molecular flexibility index (Phi) is 7.26. The van der Waals surface area contributed by atoms with Gasteiger partial charge in [0, 0.05) is 6.92 Å². The second-order valence-corrected chi connectivity index (χ2v) is 4.27. The zero-order valence-electron chi connectivity index (χ0n) is 10.2. The number of hydrogen-bond acceptors (Lipinski definition) is 2. The first-order valence-electron chi connectivity index (χ1n) is 5.71. The molecule has 0 aromatic carbocycles. The van der Waals surface area contributed by atoms with E-state index in [9.17, 15) is 10.0 Å². The minimum atomic E-state index is -0.580. The monoisotopic (exact) mass is 213 g/mol. The van der Waals surface area contributed by atoms with Crippen LogP contribution in [0.3, 0.4) is 0 Å². The van der Waals surface area contributed by atoms with E-state index in [0.29, 0.717) is 0 Å².